The minimum atomic E-state index is 1.02. The molecule has 82 valence electrons. The zero-order chi connectivity index (χ0) is 9.97. The van der Waals surface area contributed by atoms with Gasteiger partial charge in [0.15, 0.2) is 0 Å². The lowest BCUT2D eigenvalue weighted by Gasteiger charge is -2.30. The third-order valence-electron chi connectivity index (χ3n) is 4.91. The van der Waals surface area contributed by atoms with Crippen molar-refractivity contribution in [3.63, 3.8) is 0 Å². The van der Waals surface area contributed by atoms with Gasteiger partial charge in [0, 0.05) is 0 Å². The quantitative estimate of drug-likeness (QED) is 0.533. The zero-order valence-electron chi connectivity index (χ0n) is 9.97. The van der Waals surface area contributed by atoms with Crippen molar-refractivity contribution in [2.45, 2.75) is 65.2 Å². The third kappa shape index (κ3) is 2.15. The minimum Gasteiger partial charge on any atom is -0.0622 e. The molecule has 2 rings (SSSR count). The average Bonchev–Trinajstić information content (AvgIpc) is 2.46. The van der Waals surface area contributed by atoms with E-state index in [-0.39, 0.29) is 0 Å². The van der Waals surface area contributed by atoms with E-state index in [9.17, 15) is 0 Å². The molecule has 0 spiro atoms. The van der Waals surface area contributed by atoms with Crippen LogP contribution in [0.25, 0.3) is 0 Å². The minimum absolute atomic E-state index is 1.02. The Bertz CT molecular complexity index is 173. The lowest BCUT2D eigenvalue weighted by atomic mass is 9.75. The highest BCUT2D eigenvalue weighted by atomic mass is 14.4. The fourth-order valence-electron chi connectivity index (χ4n) is 3.97. The van der Waals surface area contributed by atoms with Gasteiger partial charge in [-0.1, -0.05) is 52.4 Å². The van der Waals surface area contributed by atoms with Gasteiger partial charge in [0.2, 0.25) is 0 Å². The SMILES string of the molecule is CC1CCCCCC1C1CCCC1C. The summed E-state index contributed by atoms with van der Waals surface area (Å²) in [5.41, 5.74) is 0. The molecule has 4 atom stereocenters. The molecule has 0 aromatic rings. The largest absolute Gasteiger partial charge is 0.0622 e. The van der Waals surface area contributed by atoms with E-state index in [1.807, 2.05) is 0 Å². The summed E-state index contributed by atoms with van der Waals surface area (Å²) in [6, 6.07) is 0. The van der Waals surface area contributed by atoms with Crippen LogP contribution in [0.15, 0.2) is 0 Å². The van der Waals surface area contributed by atoms with E-state index in [0.717, 1.165) is 23.7 Å². The van der Waals surface area contributed by atoms with Crippen LogP contribution in [0.5, 0.6) is 0 Å². The highest BCUT2D eigenvalue weighted by molar-refractivity contribution is 4.84. The maximum absolute atomic E-state index is 2.51. The fraction of sp³-hybridized carbons (Fsp3) is 1.00. The lowest BCUT2D eigenvalue weighted by Crippen LogP contribution is -2.22. The topological polar surface area (TPSA) is 0 Å². The van der Waals surface area contributed by atoms with Gasteiger partial charge < -0.3 is 0 Å². The average molecular weight is 194 g/mol. The van der Waals surface area contributed by atoms with E-state index in [1.54, 1.807) is 0 Å². The van der Waals surface area contributed by atoms with Crippen LogP contribution in [-0.4, -0.2) is 0 Å². The van der Waals surface area contributed by atoms with Crippen molar-refractivity contribution in [3.8, 4) is 0 Å². The second-order valence-electron chi connectivity index (χ2n) is 5.85. The van der Waals surface area contributed by atoms with Crippen molar-refractivity contribution in [3.05, 3.63) is 0 Å². The smallest absolute Gasteiger partial charge is 0.0358 e. The van der Waals surface area contributed by atoms with Gasteiger partial charge in [-0.15, -0.1) is 0 Å². The van der Waals surface area contributed by atoms with Gasteiger partial charge in [-0.2, -0.15) is 0 Å². The van der Waals surface area contributed by atoms with Crippen molar-refractivity contribution < 1.29 is 0 Å². The van der Waals surface area contributed by atoms with E-state index in [0.29, 0.717) is 0 Å². The van der Waals surface area contributed by atoms with Crippen LogP contribution in [0, 0.1) is 23.7 Å². The first-order chi connectivity index (χ1) is 6.79. The Morgan fingerprint density at radius 3 is 1.64 bits per heavy atom. The number of rotatable bonds is 1. The predicted octanol–water partition coefficient (Wildman–Crippen LogP) is 4.64. The Labute approximate surface area is 89.5 Å². The summed E-state index contributed by atoms with van der Waals surface area (Å²) >= 11 is 0. The maximum atomic E-state index is 2.51. The van der Waals surface area contributed by atoms with E-state index >= 15 is 0 Å². The molecule has 0 heteroatoms. The molecule has 0 aromatic heterocycles. The molecule has 0 N–H and O–H groups in total. The summed E-state index contributed by atoms with van der Waals surface area (Å²) in [5.74, 6) is 4.21. The van der Waals surface area contributed by atoms with Crippen molar-refractivity contribution in [1.82, 2.24) is 0 Å². The molecule has 2 saturated carbocycles. The van der Waals surface area contributed by atoms with E-state index in [2.05, 4.69) is 13.8 Å². The van der Waals surface area contributed by atoms with Crippen molar-refractivity contribution in [1.29, 1.82) is 0 Å². The first-order valence-electron chi connectivity index (χ1n) is 6.79. The Morgan fingerprint density at radius 2 is 1.07 bits per heavy atom. The van der Waals surface area contributed by atoms with Gasteiger partial charge in [0.05, 0.1) is 0 Å². The summed E-state index contributed by atoms with van der Waals surface area (Å²) in [6.45, 7) is 5.01. The van der Waals surface area contributed by atoms with Gasteiger partial charge in [-0.05, 0) is 36.5 Å². The van der Waals surface area contributed by atoms with Crippen molar-refractivity contribution in [2.75, 3.05) is 0 Å². The van der Waals surface area contributed by atoms with Crippen LogP contribution in [0.4, 0.5) is 0 Å². The summed E-state index contributed by atoms with van der Waals surface area (Å²) in [4.78, 5) is 0. The molecule has 2 aliphatic rings. The molecular formula is C14H26. The Kier molecular flexibility index (Phi) is 3.52. The fourth-order valence-corrected chi connectivity index (χ4v) is 3.97. The molecular weight excluding hydrogens is 168 g/mol. The molecule has 0 aromatic carbocycles. The van der Waals surface area contributed by atoms with Crippen LogP contribution >= 0.6 is 0 Å². The van der Waals surface area contributed by atoms with E-state index in [4.69, 9.17) is 0 Å². The highest BCUT2D eigenvalue weighted by Gasteiger charge is 2.34. The van der Waals surface area contributed by atoms with Crippen LogP contribution in [0.2, 0.25) is 0 Å². The summed E-state index contributed by atoms with van der Waals surface area (Å²) < 4.78 is 0. The van der Waals surface area contributed by atoms with Crippen LogP contribution in [-0.2, 0) is 0 Å². The van der Waals surface area contributed by atoms with E-state index < -0.39 is 0 Å². The van der Waals surface area contributed by atoms with Crippen molar-refractivity contribution >= 4 is 0 Å². The first-order valence-corrected chi connectivity index (χ1v) is 6.79. The van der Waals surface area contributed by atoms with Gasteiger partial charge >= 0.3 is 0 Å². The van der Waals surface area contributed by atoms with Crippen molar-refractivity contribution in [2.24, 2.45) is 23.7 Å². The molecule has 0 nitrogen and oxygen atoms in total. The third-order valence-corrected chi connectivity index (χ3v) is 4.91. The van der Waals surface area contributed by atoms with Gasteiger partial charge in [0.25, 0.3) is 0 Å². The van der Waals surface area contributed by atoms with Crippen LogP contribution < -0.4 is 0 Å². The molecule has 0 aliphatic heterocycles. The Hall–Kier alpha value is 0. The number of hydrogen-bond acceptors (Lipinski definition) is 0. The van der Waals surface area contributed by atoms with Gasteiger partial charge in [-0.3, -0.25) is 0 Å². The molecule has 14 heavy (non-hydrogen) atoms. The summed E-state index contributed by atoms with van der Waals surface area (Å²) in [6.07, 6.45) is 12.1. The molecule has 4 unspecified atom stereocenters. The second kappa shape index (κ2) is 4.68. The van der Waals surface area contributed by atoms with E-state index in [1.165, 1.54) is 51.4 Å². The highest BCUT2D eigenvalue weighted by Crippen LogP contribution is 2.44. The standard InChI is InChI=1S/C14H26/c1-11-7-4-3-5-9-13(11)14-10-6-8-12(14)2/h11-14H,3-10H2,1-2H3. The molecule has 0 saturated heterocycles. The van der Waals surface area contributed by atoms with Gasteiger partial charge in [0.1, 0.15) is 0 Å². The molecule has 0 radical (unpaired) electrons. The number of hydrogen-bond donors (Lipinski definition) is 0. The second-order valence-corrected chi connectivity index (χ2v) is 5.85. The Morgan fingerprint density at radius 1 is 0.571 bits per heavy atom. The lowest BCUT2D eigenvalue weighted by molar-refractivity contribution is 0.190. The molecule has 0 bridgehead atoms. The molecule has 0 heterocycles. The first kappa shape index (κ1) is 10.5. The molecule has 2 aliphatic carbocycles. The zero-order valence-corrected chi connectivity index (χ0v) is 9.97. The summed E-state index contributed by atoms with van der Waals surface area (Å²) in [7, 11) is 0. The predicted molar refractivity (Wildman–Crippen MR) is 62.2 cm³/mol. The molecule has 2 fully saturated rings. The van der Waals surface area contributed by atoms with Gasteiger partial charge in [-0.25, -0.2) is 0 Å². The van der Waals surface area contributed by atoms with Crippen LogP contribution in [0.3, 0.4) is 0 Å². The summed E-state index contributed by atoms with van der Waals surface area (Å²) in [5, 5.41) is 0. The maximum Gasteiger partial charge on any atom is -0.0358 e. The van der Waals surface area contributed by atoms with Crippen LogP contribution in [0.1, 0.15) is 65.2 Å². The normalized spacial score (nSPS) is 45.0. The molecule has 0 amide bonds. The monoisotopic (exact) mass is 194 g/mol. The Balaban J connectivity index is 1.99.